The minimum Gasteiger partial charge on any atom is -0.395 e. The third-order valence-corrected chi connectivity index (χ3v) is 4.80. The van der Waals surface area contributed by atoms with E-state index in [9.17, 15) is 14.9 Å². The van der Waals surface area contributed by atoms with Crippen LogP contribution in [-0.2, 0) is 13.0 Å². The van der Waals surface area contributed by atoms with Gasteiger partial charge in [-0.15, -0.1) is 0 Å². The second kappa shape index (κ2) is 8.10. The highest BCUT2D eigenvalue weighted by Gasteiger charge is 2.12. The van der Waals surface area contributed by atoms with Crippen molar-refractivity contribution in [3.8, 4) is 0 Å². The number of hydrogen-bond donors (Lipinski definition) is 3. The number of rotatable bonds is 8. The highest BCUT2D eigenvalue weighted by atomic mass is 32.1. The van der Waals surface area contributed by atoms with Crippen LogP contribution >= 0.6 is 11.3 Å². The first kappa shape index (κ1) is 18.7. The van der Waals surface area contributed by atoms with E-state index in [-0.39, 0.29) is 24.4 Å². The fourth-order valence-corrected chi connectivity index (χ4v) is 3.31. The molecule has 0 saturated heterocycles. The predicted molar refractivity (Wildman–Crippen MR) is 103 cm³/mol. The quantitative estimate of drug-likeness (QED) is 0.390. The zero-order valence-electron chi connectivity index (χ0n) is 14.5. The molecular formula is C16H18N6O4S. The number of nitrogens with one attached hydrogen (secondary N) is 2. The Bertz CT molecular complexity index is 1030. The van der Waals surface area contributed by atoms with Crippen molar-refractivity contribution >= 4 is 33.4 Å². The SMILES string of the molecule is CCc1nn2c(=O)cc(CNc3cc([N+](=O)[O-])ccc3NCCO)nc2s1. The van der Waals surface area contributed by atoms with Crippen LogP contribution in [0.5, 0.6) is 0 Å². The summed E-state index contributed by atoms with van der Waals surface area (Å²) in [6.07, 6.45) is 0.717. The Labute approximate surface area is 157 Å². The number of nitrogens with zero attached hydrogens (tertiary/aromatic N) is 4. The summed E-state index contributed by atoms with van der Waals surface area (Å²) in [6, 6.07) is 5.73. The van der Waals surface area contributed by atoms with Crippen LogP contribution in [0.15, 0.2) is 29.1 Å². The lowest BCUT2D eigenvalue weighted by molar-refractivity contribution is -0.384. The number of aliphatic hydroxyl groups is 1. The number of benzene rings is 1. The zero-order chi connectivity index (χ0) is 19.4. The monoisotopic (exact) mass is 390 g/mol. The standard InChI is InChI=1S/C16H18N6O4S/c1-2-14-20-21-15(24)7-10(19-16(21)27-14)9-18-13-8-11(22(25)26)3-4-12(13)17-5-6-23/h3-4,7-8,17-18,23H,2,5-6,9H2,1H3. The van der Waals surface area contributed by atoms with Crippen molar-refractivity contribution in [2.75, 3.05) is 23.8 Å². The van der Waals surface area contributed by atoms with Crippen LogP contribution in [0.3, 0.4) is 0 Å². The number of nitro groups is 1. The molecule has 0 saturated carbocycles. The minimum absolute atomic E-state index is 0.0643. The molecule has 0 bridgehead atoms. The number of anilines is 2. The maximum atomic E-state index is 12.2. The lowest BCUT2D eigenvalue weighted by Crippen LogP contribution is -2.17. The Morgan fingerprint density at radius 1 is 1.30 bits per heavy atom. The number of nitro benzene ring substituents is 1. The number of aryl methyl sites for hydroxylation is 1. The first-order valence-corrected chi connectivity index (χ1v) is 9.09. The highest BCUT2D eigenvalue weighted by molar-refractivity contribution is 7.16. The van der Waals surface area contributed by atoms with Crippen molar-refractivity contribution in [3.05, 3.63) is 55.4 Å². The van der Waals surface area contributed by atoms with Gasteiger partial charge in [0, 0.05) is 24.7 Å². The normalized spacial score (nSPS) is 10.9. The summed E-state index contributed by atoms with van der Waals surface area (Å²) in [5, 5.41) is 31.1. The average molecular weight is 390 g/mol. The molecule has 0 fully saturated rings. The van der Waals surface area contributed by atoms with E-state index in [1.165, 1.54) is 34.1 Å². The highest BCUT2D eigenvalue weighted by Crippen LogP contribution is 2.27. The summed E-state index contributed by atoms with van der Waals surface area (Å²) in [6.45, 7) is 2.39. The first-order chi connectivity index (χ1) is 13.0. The van der Waals surface area contributed by atoms with Gasteiger partial charge in [-0.25, -0.2) is 4.98 Å². The van der Waals surface area contributed by atoms with Crippen molar-refractivity contribution < 1.29 is 10.0 Å². The van der Waals surface area contributed by atoms with Crippen molar-refractivity contribution in [2.45, 2.75) is 19.9 Å². The van der Waals surface area contributed by atoms with Gasteiger partial charge in [0.15, 0.2) is 0 Å². The molecule has 2 aromatic heterocycles. The molecule has 0 radical (unpaired) electrons. The van der Waals surface area contributed by atoms with Crippen LogP contribution in [0.25, 0.3) is 4.96 Å². The van der Waals surface area contributed by atoms with Crippen LogP contribution in [-0.4, -0.2) is 37.8 Å². The van der Waals surface area contributed by atoms with Gasteiger partial charge < -0.3 is 15.7 Å². The second-order valence-corrected chi connectivity index (χ2v) is 6.66. The lowest BCUT2D eigenvalue weighted by Gasteiger charge is -2.13. The van der Waals surface area contributed by atoms with E-state index in [4.69, 9.17) is 5.11 Å². The fraction of sp³-hybridized carbons (Fsp3) is 0.312. The maximum absolute atomic E-state index is 12.2. The molecule has 1 aromatic carbocycles. The van der Waals surface area contributed by atoms with E-state index in [1.807, 2.05) is 6.92 Å². The summed E-state index contributed by atoms with van der Waals surface area (Å²) < 4.78 is 1.27. The van der Waals surface area contributed by atoms with E-state index >= 15 is 0 Å². The topological polar surface area (TPSA) is 135 Å². The number of aliphatic hydroxyl groups excluding tert-OH is 1. The molecule has 0 amide bonds. The van der Waals surface area contributed by atoms with Gasteiger partial charge >= 0.3 is 0 Å². The molecule has 3 aromatic rings. The zero-order valence-corrected chi connectivity index (χ0v) is 15.3. The first-order valence-electron chi connectivity index (χ1n) is 8.27. The molecule has 0 aliphatic heterocycles. The smallest absolute Gasteiger partial charge is 0.275 e. The van der Waals surface area contributed by atoms with Gasteiger partial charge in [-0.3, -0.25) is 14.9 Å². The summed E-state index contributed by atoms with van der Waals surface area (Å²) >= 11 is 1.35. The van der Waals surface area contributed by atoms with E-state index in [0.29, 0.717) is 35.0 Å². The van der Waals surface area contributed by atoms with Gasteiger partial charge in [-0.05, 0) is 12.5 Å². The number of aromatic nitrogens is 3. The molecule has 27 heavy (non-hydrogen) atoms. The molecular weight excluding hydrogens is 372 g/mol. The van der Waals surface area contributed by atoms with Crippen LogP contribution < -0.4 is 16.2 Å². The van der Waals surface area contributed by atoms with Crippen molar-refractivity contribution in [1.29, 1.82) is 0 Å². The van der Waals surface area contributed by atoms with Crippen LogP contribution in [0.2, 0.25) is 0 Å². The molecule has 0 aliphatic carbocycles. The van der Waals surface area contributed by atoms with Gasteiger partial charge in [0.05, 0.1) is 35.1 Å². The summed E-state index contributed by atoms with van der Waals surface area (Å²) in [4.78, 5) is 27.7. The molecule has 0 unspecified atom stereocenters. The van der Waals surface area contributed by atoms with E-state index in [2.05, 4.69) is 20.7 Å². The lowest BCUT2D eigenvalue weighted by atomic mass is 10.2. The van der Waals surface area contributed by atoms with E-state index in [0.717, 1.165) is 5.01 Å². The van der Waals surface area contributed by atoms with Crippen molar-refractivity contribution in [1.82, 2.24) is 14.6 Å². The molecule has 3 rings (SSSR count). The maximum Gasteiger partial charge on any atom is 0.275 e. The molecule has 11 heteroatoms. The number of fused-ring (bicyclic) bond motifs is 1. The molecule has 2 heterocycles. The third-order valence-electron chi connectivity index (χ3n) is 3.74. The summed E-state index contributed by atoms with van der Waals surface area (Å²) in [5.41, 5.74) is 1.26. The van der Waals surface area contributed by atoms with E-state index in [1.54, 1.807) is 6.07 Å². The third kappa shape index (κ3) is 4.20. The van der Waals surface area contributed by atoms with E-state index < -0.39 is 4.92 Å². The van der Waals surface area contributed by atoms with Crippen LogP contribution in [0, 0.1) is 10.1 Å². The molecule has 142 valence electrons. The van der Waals surface area contributed by atoms with Crippen molar-refractivity contribution in [2.24, 2.45) is 0 Å². The Morgan fingerprint density at radius 2 is 2.11 bits per heavy atom. The molecule has 3 N–H and O–H groups in total. The molecule has 0 spiro atoms. The number of non-ortho nitro benzene ring substituents is 1. The van der Waals surface area contributed by atoms with Gasteiger partial charge in [-0.1, -0.05) is 18.3 Å². The predicted octanol–water partition coefficient (Wildman–Crippen LogP) is 1.64. The number of hydrogen-bond acceptors (Lipinski definition) is 9. The van der Waals surface area contributed by atoms with Crippen molar-refractivity contribution in [3.63, 3.8) is 0 Å². The summed E-state index contributed by atoms with van der Waals surface area (Å²) in [7, 11) is 0. The van der Waals surface area contributed by atoms with Gasteiger partial charge in [0.25, 0.3) is 11.2 Å². The van der Waals surface area contributed by atoms with Crippen LogP contribution in [0.4, 0.5) is 17.1 Å². The Morgan fingerprint density at radius 3 is 2.81 bits per heavy atom. The Kier molecular flexibility index (Phi) is 5.62. The Balaban J connectivity index is 1.86. The minimum atomic E-state index is -0.485. The molecule has 0 atom stereocenters. The van der Waals surface area contributed by atoms with Gasteiger partial charge in [-0.2, -0.15) is 9.61 Å². The fourth-order valence-electron chi connectivity index (χ4n) is 2.45. The molecule has 10 nitrogen and oxygen atoms in total. The van der Waals surface area contributed by atoms with Gasteiger partial charge in [0.2, 0.25) is 4.96 Å². The Hall–Kier alpha value is -3.05. The van der Waals surface area contributed by atoms with Crippen LogP contribution in [0.1, 0.15) is 17.6 Å². The summed E-state index contributed by atoms with van der Waals surface area (Å²) in [5.74, 6) is 0. The molecule has 0 aliphatic rings. The average Bonchev–Trinajstić information content (AvgIpc) is 3.08. The second-order valence-electron chi connectivity index (χ2n) is 5.62. The largest absolute Gasteiger partial charge is 0.395 e. The van der Waals surface area contributed by atoms with Gasteiger partial charge in [0.1, 0.15) is 5.01 Å².